The summed E-state index contributed by atoms with van der Waals surface area (Å²) < 4.78 is 5.40. The molecule has 2 aromatic rings. The predicted molar refractivity (Wildman–Crippen MR) is 82.8 cm³/mol. The van der Waals surface area contributed by atoms with E-state index in [1.54, 1.807) is 12.4 Å². The second-order valence-electron chi connectivity index (χ2n) is 6.33. The van der Waals surface area contributed by atoms with E-state index in [4.69, 9.17) is 4.52 Å². The smallest absolute Gasteiger partial charge is 0.228 e. The molecule has 0 saturated heterocycles. The third kappa shape index (κ3) is 4.36. The zero-order chi connectivity index (χ0) is 15.3. The number of rotatable bonds is 6. The molecule has 1 N–H and O–H groups in total. The van der Waals surface area contributed by atoms with Crippen molar-refractivity contribution < 1.29 is 4.52 Å². The van der Waals surface area contributed by atoms with Gasteiger partial charge in [-0.05, 0) is 30.5 Å². The maximum Gasteiger partial charge on any atom is 0.228 e. The van der Waals surface area contributed by atoms with Crippen molar-refractivity contribution in [2.45, 2.75) is 46.6 Å². The van der Waals surface area contributed by atoms with Gasteiger partial charge in [0.2, 0.25) is 11.7 Å². The van der Waals surface area contributed by atoms with Crippen LogP contribution in [0.25, 0.3) is 11.4 Å². The molecule has 21 heavy (non-hydrogen) atoms. The maximum absolute atomic E-state index is 5.40. The van der Waals surface area contributed by atoms with Crippen LogP contribution in [0.15, 0.2) is 29.0 Å². The van der Waals surface area contributed by atoms with Crippen LogP contribution in [0.5, 0.6) is 0 Å². The molecule has 0 aliphatic rings. The third-order valence-corrected chi connectivity index (χ3v) is 3.45. The Morgan fingerprint density at radius 3 is 2.76 bits per heavy atom. The lowest BCUT2D eigenvalue weighted by atomic mass is 9.84. The highest BCUT2D eigenvalue weighted by Gasteiger charge is 2.26. The summed E-state index contributed by atoms with van der Waals surface area (Å²) in [6.07, 6.45) is 5.31. The van der Waals surface area contributed by atoms with Crippen molar-refractivity contribution in [1.82, 2.24) is 20.4 Å². The predicted octanol–water partition coefficient (Wildman–Crippen LogP) is 3.09. The zero-order valence-corrected chi connectivity index (χ0v) is 13.3. The van der Waals surface area contributed by atoms with Gasteiger partial charge in [0.05, 0.1) is 0 Å². The Morgan fingerprint density at radius 1 is 1.33 bits per heavy atom. The van der Waals surface area contributed by atoms with Crippen molar-refractivity contribution in [3.8, 4) is 11.4 Å². The number of hydrogen-bond acceptors (Lipinski definition) is 5. The van der Waals surface area contributed by atoms with E-state index < -0.39 is 0 Å². The van der Waals surface area contributed by atoms with Gasteiger partial charge in [-0.3, -0.25) is 4.98 Å². The fraction of sp³-hybridized carbons (Fsp3) is 0.562. The van der Waals surface area contributed by atoms with E-state index in [9.17, 15) is 0 Å². The van der Waals surface area contributed by atoms with Crippen LogP contribution in [0.3, 0.4) is 0 Å². The van der Waals surface area contributed by atoms with Gasteiger partial charge in [-0.2, -0.15) is 4.98 Å². The number of aromatic nitrogens is 3. The highest BCUT2D eigenvalue weighted by Crippen LogP contribution is 2.23. The Kier molecular flexibility index (Phi) is 5.07. The third-order valence-electron chi connectivity index (χ3n) is 3.45. The Morgan fingerprint density at radius 2 is 2.14 bits per heavy atom. The summed E-state index contributed by atoms with van der Waals surface area (Å²) in [5, 5.41) is 7.61. The molecule has 1 atom stereocenters. The van der Waals surface area contributed by atoms with Gasteiger partial charge in [-0.1, -0.05) is 32.9 Å². The minimum Gasteiger partial charge on any atom is -0.339 e. The van der Waals surface area contributed by atoms with E-state index in [-0.39, 0.29) is 5.41 Å². The fourth-order valence-corrected chi connectivity index (χ4v) is 2.13. The van der Waals surface area contributed by atoms with Crippen molar-refractivity contribution >= 4 is 0 Å². The maximum atomic E-state index is 5.40. The van der Waals surface area contributed by atoms with E-state index in [0.717, 1.165) is 24.9 Å². The molecule has 0 amide bonds. The molecular formula is C16H24N4O. The van der Waals surface area contributed by atoms with Gasteiger partial charge in [0.1, 0.15) is 0 Å². The number of nitrogens with zero attached hydrogens (tertiary/aromatic N) is 3. The van der Waals surface area contributed by atoms with Gasteiger partial charge < -0.3 is 9.84 Å². The molecule has 0 spiro atoms. The topological polar surface area (TPSA) is 63.8 Å². The first-order valence-corrected chi connectivity index (χ1v) is 7.47. The molecule has 2 rings (SSSR count). The van der Waals surface area contributed by atoms with E-state index in [1.165, 1.54) is 0 Å². The lowest BCUT2D eigenvalue weighted by molar-refractivity contribution is 0.244. The lowest BCUT2D eigenvalue weighted by Crippen LogP contribution is -2.42. The van der Waals surface area contributed by atoms with Crippen LogP contribution in [0.1, 0.15) is 40.0 Å². The Balaban J connectivity index is 2.10. The Bertz CT molecular complexity index is 545. The van der Waals surface area contributed by atoms with E-state index >= 15 is 0 Å². The molecule has 0 aliphatic heterocycles. The number of hydrogen-bond donors (Lipinski definition) is 1. The van der Waals surface area contributed by atoms with Crippen LogP contribution in [-0.4, -0.2) is 27.7 Å². The summed E-state index contributed by atoms with van der Waals surface area (Å²) >= 11 is 0. The summed E-state index contributed by atoms with van der Waals surface area (Å²) in [4.78, 5) is 8.56. The lowest BCUT2D eigenvalue weighted by Gasteiger charge is -2.30. The minimum atomic E-state index is 0.137. The molecule has 2 heterocycles. The van der Waals surface area contributed by atoms with Crippen molar-refractivity contribution in [1.29, 1.82) is 0 Å². The highest BCUT2D eigenvalue weighted by molar-refractivity contribution is 5.51. The first-order chi connectivity index (χ1) is 10.0. The normalized spacial score (nSPS) is 13.3. The second kappa shape index (κ2) is 6.80. The van der Waals surface area contributed by atoms with E-state index in [1.807, 2.05) is 12.1 Å². The molecule has 2 aromatic heterocycles. The van der Waals surface area contributed by atoms with Crippen molar-refractivity contribution in [3.63, 3.8) is 0 Å². The Labute approximate surface area is 126 Å². The molecular weight excluding hydrogens is 264 g/mol. The van der Waals surface area contributed by atoms with Gasteiger partial charge in [-0.25, -0.2) is 0 Å². The van der Waals surface area contributed by atoms with Gasteiger partial charge in [0.25, 0.3) is 0 Å². The summed E-state index contributed by atoms with van der Waals surface area (Å²) in [6, 6.07) is 4.10. The molecule has 1 unspecified atom stereocenters. The molecule has 5 nitrogen and oxygen atoms in total. The summed E-state index contributed by atoms with van der Waals surface area (Å²) in [6.45, 7) is 9.82. The number of nitrogens with one attached hydrogen (secondary N) is 1. The van der Waals surface area contributed by atoms with E-state index in [2.05, 4.69) is 48.1 Å². The van der Waals surface area contributed by atoms with Crippen LogP contribution in [-0.2, 0) is 6.42 Å². The molecule has 0 radical (unpaired) electrons. The quantitative estimate of drug-likeness (QED) is 0.885. The SMILES string of the molecule is CCCNC(Cc1nc(-c2cccnc2)no1)C(C)(C)C. The summed E-state index contributed by atoms with van der Waals surface area (Å²) in [7, 11) is 0. The summed E-state index contributed by atoms with van der Waals surface area (Å²) in [5.41, 5.74) is 1.01. The average Bonchev–Trinajstić information content (AvgIpc) is 2.92. The van der Waals surface area contributed by atoms with Crippen molar-refractivity contribution in [2.75, 3.05) is 6.54 Å². The summed E-state index contributed by atoms with van der Waals surface area (Å²) in [5.74, 6) is 1.26. The fourth-order valence-electron chi connectivity index (χ4n) is 2.13. The van der Waals surface area contributed by atoms with Crippen LogP contribution in [0.4, 0.5) is 0 Å². The van der Waals surface area contributed by atoms with Crippen molar-refractivity contribution in [2.24, 2.45) is 5.41 Å². The van der Waals surface area contributed by atoms with Gasteiger partial charge in [0.15, 0.2) is 0 Å². The van der Waals surface area contributed by atoms with Crippen LogP contribution in [0.2, 0.25) is 0 Å². The van der Waals surface area contributed by atoms with Crippen LogP contribution >= 0.6 is 0 Å². The first kappa shape index (κ1) is 15.6. The van der Waals surface area contributed by atoms with Gasteiger partial charge in [-0.15, -0.1) is 0 Å². The Hall–Kier alpha value is -1.75. The molecule has 0 saturated carbocycles. The second-order valence-corrected chi connectivity index (χ2v) is 6.33. The standard InChI is InChI=1S/C16H24N4O/c1-5-8-18-13(16(2,3)4)10-14-19-15(20-21-14)12-7-6-9-17-11-12/h6-7,9,11,13,18H,5,8,10H2,1-4H3. The highest BCUT2D eigenvalue weighted by atomic mass is 16.5. The largest absolute Gasteiger partial charge is 0.339 e. The van der Waals surface area contributed by atoms with Crippen molar-refractivity contribution in [3.05, 3.63) is 30.4 Å². The van der Waals surface area contributed by atoms with Gasteiger partial charge >= 0.3 is 0 Å². The average molecular weight is 288 g/mol. The molecule has 114 valence electrons. The molecule has 0 bridgehead atoms. The zero-order valence-electron chi connectivity index (χ0n) is 13.3. The minimum absolute atomic E-state index is 0.137. The van der Waals surface area contributed by atoms with Crippen LogP contribution < -0.4 is 5.32 Å². The van der Waals surface area contributed by atoms with E-state index in [0.29, 0.717) is 17.8 Å². The monoisotopic (exact) mass is 288 g/mol. The molecule has 0 aromatic carbocycles. The molecule has 0 fully saturated rings. The molecule has 0 aliphatic carbocycles. The molecule has 5 heteroatoms. The first-order valence-electron chi connectivity index (χ1n) is 7.47. The van der Waals surface area contributed by atoms with Gasteiger partial charge in [0, 0.05) is 30.4 Å². The van der Waals surface area contributed by atoms with Crippen LogP contribution in [0, 0.1) is 5.41 Å². The number of pyridine rings is 1.